The highest BCUT2D eigenvalue weighted by molar-refractivity contribution is 5.81. The Balaban J connectivity index is 1.38. The molecule has 3 aliphatic heterocycles. The largest absolute Gasteiger partial charge is 0.497 e. The predicted molar refractivity (Wildman–Crippen MR) is 141 cm³/mol. The van der Waals surface area contributed by atoms with Crippen LogP contribution in [-0.2, 0) is 35.1 Å². The van der Waals surface area contributed by atoms with Crippen LogP contribution in [0.3, 0.4) is 0 Å². The van der Waals surface area contributed by atoms with Crippen molar-refractivity contribution < 1.29 is 38.3 Å². The van der Waals surface area contributed by atoms with Gasteiger partial charge in [-0.3, -0.25) is 0 Å². The molecule has 0 aromatic heterocycles. The van der Waals surface area contributed by atoms with Crippen molar-refractivity contribution in [2.45, 2.75) is 110 Å². The van der Waals surface area contributed by atoms with Crippen LogP contribution in [0.25, 0.3) is 0 Å². The molecule has 4 rings (SSSR count). The number of esters is 1. The van der Waals surface area contributed by atoms with Crippen molar-refractivity contribution in [1.29, 1.82) is 0 Å². The van der Waals surface area contributed by atoms with Crippen LogP contribution < -0.4 is 4.74 Å². The van der Waals surface area contributed by atoms with Gasteiger partial charge in [-0.15, -0.1) is 0 Å². The van der Waals surface area contributed by atoms with Crippen LogP contribution in [0, 0.1) is 11.3 Å². The maximum absolute atomic E-state index is 12.8. The fourth-order valence-corrected chi connectivity index (χ4v) is 5.34. The highest BCUT2D eigenvalue weighted by Crippen LogP contribution is 2.43. The molecule has 0 bridgehead atoms. The third kappa shape index (κ3) is 6.26. The Kier molecular flexibility index (Phi) is 8.60. The first-order valence-corrected chi connectivity index (χ1v) is 13.7. The molecule has 8 nitrogen and oxygen atoms in total. The van der Waals surface area contributed by atoms with Crippen LogP contribution in [0.2, 0.25) is 0 Å². The van der Waals surface area contributed by atoms with Gasteiger partial charge in [0.05, 0.1) is 32.5 Å². The maximum atomic E-state index is 12.8. The Morgan fingerprint density at radius 2 is 1.82 bits per heavy atom. The first kappa shape index (κ1) is 29.0. The Labute approximate surface area is 226 Å². The fraction of sp³-hybridized carbons (Fsp3) is 0.700. The Morgan fingerprint density at radius 1 is 1.13 bits per heavy atom. The molecule has 3 heterocycles. The second kappa shape index (κ2) is 11.3. The standard InChI is InChI=1S/C30H44O8/c1-19-15-24(20(2)17-34-18-21-10-12-22(33-7)13-11-21)37-30(16-19)14-8-9-23(36-30)25(31)29(6)26(32)35-27(38-29)28(3,4)5/h10-13,16,20,23-25,27,31H,8-9,14-15,17-18H2,1-7H3/t20-,23+,24+,25?,27-,29-,30+/m1/s1. The minimum Gasteiger partial charge on any atom is -0.497 e. The number of rotatable bonds is 8. The number of benzene rings is 1. The van der Waals surface area contributed by atoms with E-state index < -0.39 is 41.3 Å². The van der Waals surface area contributed by atoms with E-state index in [1.165, 1.54) is 5.57 Å². The van der Waals surface area contributed by atoms with E-state index in [0.717, 1.165) is 24.2 Å². The summed E-state index contributed by atoms with van der Waals surface area (Å²) in [6.45, 7) is 12.6. The maximum Gasteiger partial charge on any atom is 0.343 e. The number of hydrogen-bond acceptors (Lipinski definition) is 8. The van der Waals surface area contributed by atoms with Crippen LogP contribution >= 0.6 is 0 Å². The molecule has 1 aromatic rings. The van der Waals surface area contributed by atoms with Crippen LogP contribution in [0.5, 0.6) is 5.75 Å². The summed E-state index contributed by atoms with van der Waals surface area (Å²) in [4.78, 5) is 12.8. The lowest BCUT2D eigenvalue weighted by Gasteiger charge is -2.47. The van der Waals surface area contributed by atoms with Crippen molar-refractivity contribution in [3.63, 3.8) is 0 Å². The van der Waals surface area contributed by atoms with Crippen molar-refractivity contribution in [3.8, 4) is 5.75 Å². The second-order valence-electron chi connectivity index (χ2n) is 12.3. The molecule has 3 aliphatic rings. The Hall–Kier alpha value is -1.97. The molecule has 212 valence electrons. The summed E-state index contributed by atoms with van der Waals surface area (Å²) in [6.07, 6.45) is 2.21. The van der Waals surface area contributed by atoms with Gasteiger partial charge in [0.1, 0.15) is 11.9 Å². The number of carbonyl (C=O) groups is 1. The number of cyclic esters (lactones) is 1. The van der Waals surface area contributed by atoms with Crippen molar-refractivity contribution in [1.82, 2.24) is 0 Å². The van der Waals surface area contributed by atoms with Crippen molar-refractivity contribution in [2.75, 3.05) is 13.7 Å². The topological polar surface area (TPSA) is 92.7 Å². The summed E-state index contributed by atoms with van der Waals surface area (Å²) in [5, 5.41) is 11.3. The van der Waals surface area contributed by atoms with Gasteiger partial charge < -0.3 is 33.5 Å². The van der Waals surface area contributed by atoms with Crippen LogP contribution in [0.4, 0.5) is 0 Å². The molecule has 2 saturated heterocycles. The molecule has 38 heavy (non-hydrogen) atoms. The molecule has 0 amide bonds. The van der Waals surface area contributed by atoms with E-state index in [2.05, 4.69) is 13.8 Å². The molecule has 8 heteroatoms. The average molecular weight is 533 g/mol. The van der Waals surface area contributed by atoms with E-state index in [-0.39, 0.29) is 12.0 Å². The van der Waals surface area contributed by atoms with Gasteiger partial charge in [-0.1, -0.05) is 45.4 Å². The van der Waals surface area contributed by atoms with Crippen molar-refractivity contribution in [2.24, 2.45) is 11.3 Å². The zero-order valence-corrected chi connectivity index (χ0v) is 23.8. The number of ether oxygens (including phenoxy) is 6. The molecule has 0 saturated carbocycles. The van der Waals surface area contributed by atoms with E-state index in [1.54, 1.807) is 14.0 Å². The van der Waals surface area contributed by atoms with Gasteiger partial charge in [0.25, 0.3) is 0 Å². The van der Waals surface area contributed by atoms with Crippen LogP contribution in [0.1, 0.15) is 72.8 Å². The number of methoxy groups -OCH3 is 1. The van der Waals surface area contributed by atoms with Gasteiger partial charge in [0.15, 0.2) is 11.4 Å². The molecule has 7 atom stereocenters. The minimum absolute atomic E-state index is 0.0969. The Bertz CT molecular complexity index is 999. The molecule has 1 unspecified atom stereocenters. The number of hydrogen-bond donors (Lipinski definition) is 1. The number of aliphatic hydroxyl groups is 1. The van der Waals surface area contributed by atoms with Gasteiger partial charge in [-0.05, 0) is 56.9 Å². The van der Waals surface area contributed by atoms with Crippen molar-refractivity contribution in [3.05, 3.63) is 41.5 Å². The monoisotopic (exact) mass is 532 g/mol. The van der Waals surface area contributed by atoms with E-state index in [1.807, 2.05) is 51.1 Å². The molecule has 2 fully saturated rings. The van der Waals surface area contributed by atoms with Gasteiger partial charge in [-0.2, -0.15) is 0 Å². The molecular formula is C30H44O8. The van der Waals surface area contributed by atoms with E-state index in [4.69, 9.17) is 28.4 Å². The lowest BCUT2D eigenvalue weighted by atomic mass is 9.86. The molecule has 0 radical (unpaired) electrons. The Morgan fingerprint density at radius 3 is 2.45 bits per heavy atom. The quantitative estimate of drug-likeness (QED) is 0.373. The zero-order valence-electron chi connectivity index (χ0n) is 23.8. The third-order valence-electron chi connectivity index (χ3n) is 7.74. The highest BCUT2D eigenvalue weighted by Gasteiger charge is 2.58. The van der Waals surface area contributed by atoms with E-state index in [9.17, 15) is 9.90 Å². The molecule has 1 N–H and O–H groups in total. The fourth-order valence-electron chi connectivity index (χ4n) is 5.34. The van der Waals surface area contributed by atoms with E-state index in [0.29, 0.717) is 26.1 Å². The number of aliphatic hydroxyl groups excluding tert-OH is 1. The van der Waals surface area contributed by atoms with Crippen molar-refractivity contribution >= 4 is 5.97 Å². The van der Waals surface area contributed by atoms with Gasteiger partial charge in [0.2, 0.25) is 6.29 Å². The first-order valence-electron chi connectivity index (χ1n) is 13.7. The van der Waals surface area contributed by atoms with E-state index >= 15 is 0 Å². The zero-order chi connectivity index (χ0) is 27.7. The summed E-state index contributed by atoms with van der Waals surface area (Å²) in [7, 11) is 1.65. The predicted octanol–water partition coefficient (Wildman–Crippen LogP) is 4.91. The third-order valence-corrected chi connectivity index (χ3v) is 7.74. The summed E-state index contributed by atoms with van der Waals surface area (Å²) in [5.74, 6) is -0.574. The minimum atomic E-state index is -1.50. The van der Waals surface area contributed by atoms with Crippen LogP contribution in [0.15, 0.2) is 35.9 Å². The summed E-state index contributed by atoms with van der Waals surface area (Å²) < 4.78 is 35.8. The van der Waals surface area contributed by atoms with Gasteiger partial charge in [-0.25, -0.2) is 4.79 Å². The number of carbonyl (C=O) groups excluding carboxylic acids is 1. The smallest absolute Gasteiger partial charge is 0.343 e. The lowest BCUT2D eigenvalue weighted by Crippen LogP contribution is -2.57. The molecule has 0 aliphatic carbocycles. The summed E-state index contributed by atoms with van der Waals surface area (Å²) >= 11 is 0. The summed E-state index contributed by atoms with van der Waals surface area (Å²) in [6, 6.07) is 7.85. The summed E-state index contributed by atoms with van der Waals surface area (Å²) in [5.41, 5.74) is 0.343. The SMILES string of the molecule is COc1ccc(COC[C@@H](C)[C@@H]2CC(C)=C[C@]3(CCC[C@@H](C(O)[C@@]4(C)O[C@H](C(C)(C)C)OC4=O)O3)O2)cc1. The second-order valence-corrected chi connectivity index (χ2v) is 12.3. The average Bonchev–Trinajstić information content (AvgIpc) is 3.19. The van der Waals surface area contributed by atoms with Crippen LogP contribution in [-0.4, -0.2) is 60.8 Å². The molecular weight excluding hydrogens is 488 g/mol. The first-order chi connectivity index (χ1) is 17.8. The van der Waals surface area contributed by atoms with Gasteiger partial charge >= 0.3 is 5.97 Å². The van der Waals surface area contributed by atoms with Gasteiger partial charge in [0, 0.05) is 17.8 Å². The lowest BCUT2D eigenvalue weighted by molar-refractivity contribution is -0.304. The normalized spacial score (nSPS) is 33.5. The highest BCUT2D eigenvalue weighted by atomic mass is 16.8. The molecule has 1 aromatic carbocycles. The molecule has 1 spiro atoms.